The van der Waals surface area contributed by atoms with Gasteiger partial charge in [-0.3, -0.25) is 4.72 Å². The van der Waals surface area contributed by atoms with Crippen molar-refractivity contribution in [2.24, 2.45) is 5.73 Å². The standard InChI is InChI=1S/C12H10ClN3O2S2/c13-9-7-8(12(14)19)4-5-10(9)20(17,18)16-11-3-1-2-6-15-11/h1-7H,(H2,14,19)(H,15,16). The van der Waals surface area contributed by atoms with E-state index in [4.69, 9.17) is 29.6 Å². The summed E-state index contributed by atoms with van der Waals surface area (Å²) in [6.07, 6.45) is 1.48. The predicted molar refractivity (Wildman–Crippen MR) is 82.4 cm³/mol. The van der Waals surface area contributed by atoms with Crippen LogP contribution in [-0.4, -0.2) is 18.4 Å². The zero-order valence-corrected chi connectivity index (χ0v) is 12.5. The van der Waals surface area contributed by atoms with Crippen LogP contribution in [0.1, 0.15) is 5.56 Å². The van der Waals surface area contributed by atoms with Crippen molar-refractivity contribution in [2.75, 3.05) is 4.72 Å². The molecule has 0 fully saturated rings. The number of nitrogens with zero attached hydrogens (tertiary/aromatic N) is 1. The van der Waals surface area contributed by atoms with Gasteiger partial charge in [-0.25, -0.2) is 13.4 Å². The molecule has 20 heavy (non-hydrogen) atoms. The molecule has 104 valence electrons. The Morgan fingerprint density at radius 1 is 1.30 bits per heavy atom. The van der Waals surface area contributed by atoms with Gasteiger partial charge in [-0.2, -0.15) is 0 Å². The van der Waals surface area contributed by atoms with E-state index < -0.39 is 10.0 Å². The van der Waals surface area contributed by atoms with E-state index in [0.717, 1.165) is 0 Å². The van der Waals surface area contributed by atoms with E-state index >= 15 is 0 Å². The van der Waals surface area contributed by atoms with E-state index in [-0.39, 0.29) is 20.7 Å². The Morgan fingerprint density at radius 2 is 2.05 bits per heavy atom. The van der Waals surface area contributed by atoms with Crippen LogP contribution in [0.15, 0.2) is 47.5 Å². The van der Waals surface area contributed by atoms with Crippen molar-refractivity contribution in [2.45, 2.75) is 4.90 Å². The number of halogens is 1. The van der Waals surface area contributed by atoms with Crippen LogP contribution in [0, 0.1) is 0 Å². The first-order valence-electron chi connectivity index (χ1n) is 5.43. The monoisotopic (exact) mass is 327 g/mol. The lowest BCUT2D eigenvalue weighted by atomic mass is 10.2. The van der Waals surface area contributed by atoms with Crippen molar-refractivity contribution in [3.8, 4) is 0 Å². The minimum absolute atomic E-state index is 0.0405. The van der Waals surface area contributed by atoms with E-state index in [9.17, 15) is 8.42 Å². The second kappa shape index (κ2) is 5.74. The lowest BCUT2D eigenvalue weighted by Gasteiger charge is -2.09. The van der Waals surface area contributed by atoms with Gasteiger partial charge in [-0.1, -0.05) is 36.0 Å². The number of sulfonamides is 1. The third-order valence-electron chi connectivity index (χ3n) is 2.41. The fourth-order valence-corrected chi connectivity index (χ4v) is 3.17. The van der Waals surface area contributed by atoms with Gasteiger partial charge in [-0.15, -0.1) is 0 Å². The first-order valence-corrected chi connectivity index (χ1v) is 7.70. The quantitative estimate of drug-likeness (QED) is 0.841. The Balaban J connectivity index is 2.37. The normalized spacial score (nSPS) is 11.1. The Hall–Kier alpha value is -1.70. The maximum Gasteiger partial charge on any atom is 0.264 e. The molecule has 0 unspecified atom stereocenters. The Bertz CT molecular complexity index is 749. The van der Waals surface area contributed by atoms with Gasteiger partial charge < -0.3 is 5.73 Å². The second-order valence-electron chi connectivity index (χ2n) is 3.83. The number of anilines is 1. The van der Waals surface area contributed by atoms with E-state index in [2.05, 4.69) is 9.71 Å². The molecule has 8 heteroatoms. The van der Waals surface area contributed by atoms with E-state index in [1.165, 1.54) is 30.5 Å². The zero-order valence-electron chi connectivity index (χ0n) is 10.1. The third-order valence-corrected chi connectivity index (χ3v) is 4.48. The molecule has 1 aromatic carbocycles. The fourth-order valence-electron chi connectivity index (χ4n) is 1.49. The summed E-state index contributed by atoms with van der Waals surface area (Å²) in [6, 6.07) is 9.15. The lowest BCUT2D eigenvalue weighted by molar-refractivity contribution is 0.601. The Labute approximate surface area is 126 Å². The molecule has 5 nitrogen and oxygen atoms in total. The van der Waals surface area contributed by atoms with Crippen LogP contribution in [0.5, 0.6) is 0 Å². The minimum Gasteiger partial charge on any atom is -0.389 e. The molecular weight excluding hydrogens is 318 g/mol. The van der Waals surface area contributed by atoms with Crippen LogP contribution in [0.25, 0.3) is 0 Å². The van der Waals surface area contributed by atoms with Gasteiger partial charge in [0.25, 0.3) is 10.0 Å². The molecule has 1 aromatic heterocycles. The highest BCUT2D eigenvalue weighted by atomic mass is 35.5. The molecule has 0 saturated heterocycles. The molecule has 0 radical (unpaired) electrons. The summed E-state index contributed by atoms with van der Waals surface area (Å²) in [6.45, 7) is 0. The SMILES string of the molecule is NC(=S)c1ccc(S(=O)(=O)Nc2ccccn2)c(Cl)c1. The molecule has 0 aliphatic rings. The van der Waals surface area contributed by atoms with Crippen LogP contribution in [0.3, 0.4) is 0 Å². The van der Waals surface area contributed by atoms with Crippen molar-refractivity contribution in [3.63, 3.8) is 0 Å². The van der Waals surface area contributed by atoms with Gasteiger partial charge in [0.1, 0.15) is 15.7 Å². The number of thiocarbonyl (C=S) groups is 1. The maximum absolute atomic E-state index is 12.2. The van der Waals surface area contributed by atoms with Gasteiger partial charge in [0, 0.05) is 11.8 Å². The van der Waals surface area contributed by atoms with E-state index in [0.29, 0.717) is 5.56 Å². The zero-order chi connectivity index (χ0) is 14.8. The van der Waals surface area contributed by atoms with Gasteiger partial charge in [0.15, 0.2) is 0 Å². The van der Waals surface area contributed by atoms with Gasteiger partial charge in [0.05, 0.1) is 5.02 Å². The van der Waals surface area contributed by atoms with Gasteiger partial charge >= 0.3 is 0 Å². The second-order valence-corrected chi connectivity index (χ2v) is 6.33. The molecule has 2 aromatic rings. The summed E-state index contributed by atoms with van der Waals surface area (Å²) in [4.78, 5) is 3.97. The number of nitrogens with two attached hydrogens (primary N) is 1. The third kappa shape index (κ3) is 3.24. The highest BCUT2D eigenvalue weighted by Crippen LogP contribution is 2.24. The summed E-state index contributed by atoms with van der Waals surface area (Å²) >= 11 is 10.8. The molecule has 3 N–H and O–H groups in total. The summed E-state index contributed by atoms with van der Waals surface area (Å²) in [7, 11) is -3.81. The van der Waals surface area contributed by atoms with Crippen molar-refractivity contribution < 1.29 is 8.42 Å². The van der Waals surface area contributed by atoms with Crippen LogP contribution in [0.2, 0.25) is 5.02 Å². The maximum atomic E-state index is 12.2. The van der Waals surface area contributed by atoms with Crippen LogP contribution in [-0.2, 0) is 10.0 Å². The van der Waals surface area contributed by atoms with Crippen LogP contribution in [0.4, 0.5) is 5.82 Å². The van der Waals surface area contributed by atoms with Crippen LogP contribution < -0.4 is 10.5 Å². The molecule has 0 aliphatic heterocycles. The average Bonchev–Trinajstić information content (AvgIpc) is 2.38. The summed E-state index contributed by atoms with van der Waals surface area (Å²) in [5, 5.41) is 0.0405. The number of rotatable bonds is 4. The minimum atomic E-state index is -3.81. The van der Waals surface area contributed by atoms with Gasteiger partial charge in [-0.05, 0) is 24.3 Å². The first-order chi connectivity index (χ1) is 9.40. The molecule has 0 aliphatic carbocycles. The van der Waals surface area contributed by atoms with Crippen LogP contribution >= 0.6 is 23.8 Å². The summed E-state index contributed by atoms with van der Waals surface area (Å²) < 4.78 is 26.7. The topological polar surface area (TPSA) is 85.1 Å². The lowest BCUT2D eigenvalue weighted by Crippen LogP contribution is -2.15. The fraction of sp³-hybridized carbons (Fsp3) is 0. The molecule has 0 atom stereocenters. The molecule has 0 amide bonds. The number of hydrogen-bond donors (Lipinski definition) is 2. The Morgan fingerprint density at radius 3 is 2.60 bits per heavy atom. The molecule has 0 saturated carbocycles. The predicted octanol–water partition coefficient (Wildman–Crippen LogP) is 2.17. The van der Waals surface area contributed by atoms with E-state index in [1.54, 1.807) is 12.1 Å². The number of aromatic nitrogens is 1. The average molecular weight is 328 g/mol. The summed E-state index contributed by atoms with van der Waals surface area (Å²) in [5.41, 5.74) is 5.96. The smallest absolute Gasteiger partial charge is 0.264 e. The Kier molecular flexibility index (Phi) is 4.22. The van der Waals surface area contributed by atoms with Gasteiger partial charge in [0.2, 0.25) is 0 Å². The highest BCUT2D eigenvalue weighted by molar-refractivity contribution is 7.92. The first kappa shape index (κ1) is 14.7. The number of benzene rings is 1. The molecular formula is C12H10ClN3O2S2. The van der Waals surface area contributed by atoms with Crippen molar-refractivity contribution in [1.82, 2.24) is 4.98 Å². The number of hydrogen-bond acceptors (Lipinski definition) is 4. The molecule has 2 rings (SSSR count). The number of pyridine rings is 1. The summed E-state index contributed by atoms with van der Waals surface area (Å²) in [5.74, 6) is 0.210. The van der Waals surface area contributed by atoms with Crippen molar-refractivity contribution >= 4 is 44.6 Å². The highest BCUT2D eigenvalue weighted by Gasteiger charge is 2.19. The van der Waals surface area contributed by atoms with E-state index in [1.807, 2.05) is 0 Å². The molecule has 1 heterocycles. The number of nitrogens with one attached hydrogen (secondary N) is 1. The van der Waals surface area contributed by atoms with Crippen molar-refractivity contribution in [1.29, 1.82) is 0 Å². The largest absolute Gasteiger partial charge is 0.389 e. The van der Waals surface area contributed by atoms with Crippen molar-refractivity contribution in [3.05, 3.63) is 53.2 Å². The molecule has 0 bridgehead atoms. The molecule has 0 spiro atoms.